The fraction of sp³-hybridized carbons (Fsp3) is 0.400. The summed E-state index contributed by atoms with van der Waals surface area (Å²) in [6.07, 6.45) is 1.21. The van der Waals surface area contributed by atoms with Crippen LogP contribution < -0.4 is 5.32 Å². The number of H-pyrrole nitrogens is 1. The van der Waals surface area contributed by atoms with E-state index in [4.69, 9.17) is 4.74 Å². The summed E-state index contributed by atoms with van der Waals surface area (Å²) in [4.78, 5) is 3.98. The van der Waals surface area contributed by atoms with Crippen molar-refractivity contribution < 1.29 is 4.74 Å². The zero-order valence-corrected chi connectivity index (χ0v) is 5.90. The quantitative estimate of drug-likeness (QED) is 0.591. The standard InChI is InChI=1S/C5H7N5O/c1-11-5-3-4(6-2-7-5)9-10-8-3/h2,5H,1H3,(H2,6,7,8,9,10). The molecule has 11 heavy (non-hydrogen) atoms. The molecule has 2 rings (SSSR count). The molecule has 0 fully saturated rings. The molecule has 0 spiro atoms. The van der Waals surface area contributed by atoms with Crippen LogP contribution in [-0.2, 0) is 4.74 Å². The lowest BCUT2D eigenvalue weighted by Crippen LogP contribution is -2.11. The molecular formula is C5H7N5O. The number of aliphatic imine (C=N–C) groups is 1. The molecule has 0 aromatic carbocycles. The molecule has 2 N–H and O–H groups in total. The SMILES string of the molecule is COC1N=CNc2n[nH]nc21. The number of aromatic amines is 1. The first kappa shape index (κ1) is 6.29. The van der Waals surface area contributed by atoms with Crippen molar-refractivity contribution in [1.29, 1.82) is 0 Å². The van der Waals surface area contributed by atoms with E-state index in [2.05, 4.69) is 25.7 Å². The first-order valence-corrected chi connectivity index (χ1v) is 3.13. The van der Waals surface area contributed by atoms with Crippen LogP contribution in [0.15, 0.2) is 4.99 Å². The fourth-order valence-corrected chi connectivity index (χ4v) is 0.927. The van der Waals surface area contributed by atoms with Gasteiger partial charge in [0.15, 0.2) is 17.7 Å². The topological polar surface area (TPSA) is 75.2 Å². The first-order valence-electron chi connectivity index (χ1n) is 3.13. The van der Waals surface area contributed by atoms with Gasteiger partial charge in [-0.3, -0.25) is 0 Å². The van der Waals surface area contributed by atoms with Gasteiger partial charge in [0.1, 0.15) is 0 Å². The van der Waals surface area contributed by atoms with Crippen LogP contribution in [0, 0.1) is 0 Å². The van der Waals surface area contributed by atoms with Gasteiger partial charge in [0.25, 0.3) is 0 Å². The molecule has 1 unspecified atom stereocenters. The predicted molar refractivity (Wildman–Crippen MR) is 38.2 cm³/mol. The van der Waals surface area contributed by atoms with Gasteiger partial charge in [0.05, 0.1) is 6.34 Å². The number of fused-ring (bicyclic) bond motifs is 1. The van der Waals surface area contributed by atoms with Crippen molar-refractivity contribution >= 4 is 12.2 Å². The van der Waals surface area contributed by atoms with E-state index in [1.165, 1.54) is 0 Å². The molecule has 1 atom stereocenters. The Balaban J connectivity index is 2.38. The van der Waals surface area contributed by atoms with E-state index in [-0.39, 0.29) is 6.23 Å². The Morgan fingerprint density at radius 3 is 3.27 bits per heavy atom. The molecule has 6 heteroatoms. The molecule has 6 nitrogen and oxygen atoms in total. The highest BCUT2D eigenvalue weighted by Gasteiger charge is 2.20. The molecular weight excluding hydrogens is 146 g/mol. The Labute approximate surface area is 62.7 Å². The van der Waals surface area contributed by atoms with Crippen molar-refractivity contribution in [2.24, 2.45) is 4.99 Å². The van der Waals surface area contributed by atoms with Gasteiger partial charge in [-0.05, 0) is 0 Å². The summed E-state index contributed by atoms with van der Waals surface area (Å²) in [7, 11) is 1.58. The maximum Gasteiger partial charge on any atom is 0.197 e. The van der Waals surface area contributed by atoms with Gasteiger partial charge >= 0.3 is 0 Å². The lowest BCUT2D eigenvalue weighted by Gasteiger charge is -2.12. The maximum atomic E-state index is 5.02. The lowest BCUT2D eigenvalue weighted by atomic mass is 10.3. The van der Waals surface area contributed by atoms with E-state index in [9.17, 15) is 0 Å². The van der Waals surface area contributed by atoms with Crippen molar-refractivity contribution in [3.8, 4) is 0 Å². The van der Waals surface area contributed by atoms with E-state index < -0.39 is 0 Å². The largest absolute Gasteiger partial charge is 0.354 e. The van der Waals surface area contributed by atoms with Crippen LogP contribution in [0.4, 0.5) is 5.82 Å². The zero-order chi connectivity index (χ0) is 7.68. The Bertz CT molecular complexity index is 280. The van der Waals surface area contributed by atoms with Crippen LogP contribution in [0.3, 0.4) is 0 Å². The number of hydrogen-bond acceptors (Lipinski definition) is 5. The molecule has 0 radical (unpaired) electrons. The van der Waals surface area contributed by atoms with E-state index in [1.807, 2.05) is 0 Å². The minimum Gasteiger partial charge on any atom is -0.354 e. The molecule has 2 heterocycles. The van der Waals surface area contributed by atoms with E-state index >= 15 is 0 Å². The number of rotatable bonds is 1. The molecule has 1 aliphatic heterocycles. The number of nitrogens with one attached hydrogen (secondary N) is 2. The average molecular weight is 153 g/mol. The van der Waals surface area contributed by atoms with Crippen molar-refractivity contribution in [2.75, 3.05) is 12.4 Å². The minimum atomic E-state index is -0.329. The van der Waals surface area contributed by atoms with Gasteiger partial charge in [-0.25, -0.2) is 4.99 Å². The Hall–Kier alpha value is -1.43. The summed E-state index contributed by atoms with van der Waals surface area (Å²) in [6, 6.07) is 0. The van der Waals surface area contributed by atoms with Gasteiger partial charge in [-0.1, -0.05) is 0 Å². The number of methoxy groups -OCH3 is 1. The van der Waals surface area contributed by atoms with E-state index in [1.54, 1.807) is 13.4 Å². The van der Waals surface area contributed by atoms with Crippen molar-refractivity contribution in [3.05, 3.63) is 5.69 Å². The zero-order valence-electron chi connectivity index (χ0n) is 5.90. The minimum absolute atomic E-state index is 0.329. The smallest absolute Gasteiger partial charge is 0.197 e. The maximum absolute atomic E-state index is 5.02. The number of nitrogens with zero attached hydrogens (tertiary/aromatic N) is 3. The predicted octanol–water partition coefficient (Wildman–Crippen LogP) is -0.0965. The van der Waals surface area contributed by atoms with E-state index in [0.29, 0.717) is 11.5 Å². The van der Waals surface area contributed by atoms with Gasteiger partial charge in [-0.2, -0.15) is 10.3 Å². The van der Waals surface area contributed by atoms with Crippen molar-refractivity contribution in [3.63, 3.8) is 0 Å². The number of aromatic nitrogens is 3. The van der Waals surface area contributed by atoms with Gasteiger partial charge in [0, 0.05) is 7.11 Å². The molecule has 0 saturated carbocycles. The molecule has 1 aliphatic rings. The average Bonchev–Trinajstić information content (AvgIpc) is 2.50. The normalized spacial score (nSPS) is 21.0. The monoisotopic (exact) mass is 153 g/mol. The van der Waals surface area contributed by atoms with Crippen LogP contribution in [0.25, 0.3) is 0 Å². The third kappa shape index (κ3) is 0.874. The molecule has 0 saturated heterocycles. The first-order chi connectivity index (χ1) is 5.42. The van der Waals surface area contributed by atoms with Gasteiger partial charge < -0.3 is 10.1 Å². The second-order valence-electron chi connectivity index (χ2n) is 2.07. The van der Waals surface area contributed by atoms with Crippen LogP contribution in [-0.4, -0.2) is 28.9 Å². The van der Waals surface area contributed by atoms with Crippen LogP contribution in [0.1, 0.15) is 11.9 Å². The highest BCUT2D eigenvalue weighted by molar-refractivity contribution is 5.76. The third-order valence-corrected chi connectivity index (χ3v) is 1.44. The summed E-state index contributed by atoms with van der Waals surface area (Å²) < 4.78 is 5.02. The Morgan fingerprint density at radius 2 is 2.45 bits per heavy atom. The summed E-state index contributed by atoms with van der Waals surface area (Å²) in [5, 5.41) is 13.0. The fourth-order valence-electron chi connectivity index (χ4n) is 0.927. The molecule has 0 amide bonds. The number of hydrogen-bond donors (Lipinski definition) is 2. The Kier molecular flexibility index (Phi) is 1.32. The summed E-state index contributed by atoms with van der Waals surface area (Å²) in [6.45, 7) is 0. The number of ether oxygens (including phenoxy) is 1. The highest BCUT2D eigenvalue weighted by Crippen LogP contribution is 2.23. The summed E-state index contributed by atoms with van der Waals surface area (Å²) in [5.74, 6) is 0.673. The van der Waals surface area contributed by atoms with Crippen LogP contribution in [0.5, 0.6) is 0 Å². The molecule has 0 aliphatic carbocycles. The lowest BCUT2D eigenvalue weighted by molar-refractivity contribution is 0.108. The molecule has 1 aromatic rings. The second-order valence-corrected chi connectivity index (χ2v) is 2.07. The highest BCUT2D eigenvalue weighted by atomic mass is 16.5. The van der Waals surface area contributed by atoms with Crippen molar-refractivity contribution in [2.45, 2.75) is 6.23 Å². The summed E-state index contributed by atoms with van der Waals surface area (Å²) in [5.41, 5.74) is 0.690. The van der Waals surface area contributed by atoms with Crippen molar-refractivity contribution in [1.82, 2.24) is 15.4 Å². The molecule has 1 aromatic heterocycles. The number of anilines is 1. The second kappa shape index (κ2) is 2.31. The molecule has 58 valence electrons. The van der Waals surface area contributed by atoms with Gasteiger partial charge in [-0.15, -0.1) is 5.10 Å². The molecule has 0 bridgehead atoms. The van der Waals surface area contributed by atoms with E-state index in [0.717, 1.165) is 0 Å². The van der Waals surface area contributed by atoms with Gasteiger partial charge in [0.2, 0.25) is 0 Å². The van der Waals surface area contributed by atoms with Crippen LogP contribution >= 0.6 is 0 Å². The summed E-state index contributed by atoms with van der Waals surface area (Å²) >= 11 is 0. The van der Waals surface area contributed by atoms with Crippen LogP contribution in [0.2, 0.25) is 0 Å². The third-order valence-electron chi connectivity index (χ3n) is 1.44. The Morgan fingerprint density at radius 1 is 1.55 bits per heavy atom.